The molecule has 2 aromatic rings. The van der Waals surface area contributed by atoms with Crippen LogP contribution in [0, 0.1) is 27.7 Å². The predicted molar refractivity (Wildman–Crippen MR) is 122 cm³/mol. The molecule has 0 bridgehead atoms. The van der Waals surface area contributed by atoms with Crippen LogP contribution in [0.3, 0.4) is 0 Å². The van der Waals surface area contributed by atoms with Gasteiger partial charge in [0, 0.05) is 23.7 Å². The van der Waals surface area contributed by atoms with Gasteiger partial charge < -0.3 is 15.4 Å². The zero-order valence-corrected chi connectivity index (χ0v) is 18.2. The van der Waals surface area contributed by atoms with Gasteiger partial charge in [-0.05, 0) is 82.1 Å². The average Bonchev–Trinajstić information content (AvgIpc) is 3.11. The van der Waals surface area contributed by atoms with Crippen molar-refractivity contribution in [3.8, 4) is 0 Å². The highest BCUT2D eigenvalue weighted by Crippen LogP contribution is 2.14. The number of rotatable bonds is 4. The zero-order valence-electron chi connectivity index (χ0n) is 17.4. The number of ether oxygens (including phenoxy) is 1. The SMILES string of the molecule is Cc1cc(C)cc(NC(=S)NC(=NCC2CCCO2)Nc2nc(C)cc(C)n2)c1. The van der Waals surface area contributed by atoms with E-state index in [-0.39, 0.29) is 6.10 Å². The summed E-state index contributed by atoms with van der Waals surface area (Å²) in [6.07, 6.45) is 2.22. The lowest BCUT2D eigenvalue weighted by Crippen LogP contribution is -2.39. The second-order valence-electron chi connectivity index (χ2n) is 7.38. The Balaban J connectivity index is 1.72. The number of hydrogen-bond donors (Lipinski definition) is 3. The first-order chi connectivity index (χ1) is 13.9. The van der Waals surface area contributed by atoms with Gasteiger partial charge in [0.15, 0.2) is 5.11 Å². The maximum Gasteiger partial charge on any atom is 0.229 e. The molecule has 8 heteroatoms. The summed E-state index contributed by atoms with van der Waals surface area (Å²) in [7, 11) is 0. The van der Waals surface area contributed by atoms with Crippen LogP contribution >= 0.6 is 12.2 Å². The molecular formula is C21H28N6OS. The van der Waals surface area contributed by atoms with E-state index < -0.39 is 0 Å². The summed E-state index contributed by atoms with van der Waals surface area (Å²) in [6.45, 7) is 9.32. The summed E-state index contributed by atoms with van der Waals surface area (Å²) in [5, 5.41) is 9.96. The lowest BCUT2D eigenvalue weighted by Gasteiger charge is -2.16. The molecule has 1 unspecified atom stereocenters. The van der Waals surface area contributed by atoms with Crippen LogP contribution in [0.15, 0.2) is 29.3 Å². The third-order valence-electron chi connectivity index (χ3n) is 4.40. The third-order valence-corrected chi connectivity index (χ3v) is 4.61. The molecule has 0 saturated carbocycles. The molecule has 29 heavy (non-hydrogen) atoms. The van der Waals surface area contributed by atoms with Crippen molar-refractivity contribution in [3.63, 3.8) is 0 Å². The smallest absolute Gasteiger partial charge is 0.229 e. The van der Waals surface area contributed by atoms with E-state index in [1.165, 1.54) is 11.1 Å². The molecule has 1 saturated heterocycles. The number of guanidine groups is 1. The fourth-order valence-corrected chi connectivity index (χ4v) is 3.51. The number of aromatic nitrogens is 2. The molecule has 3 rings (SSSR count). The largest absolute Gasteiger partial charge is 0.376 e. The number of aliphatic imine (C=N–C) groups is 1. The number of benzene rings is 1. The fourth-order valence-electron chi connectivity index (χ4n) is 3.30. The Morgan fingerprint density at radius 2 is 1.76 bits per heavy atom. The van der Waals surface area contributed by atoms with Crippen molar-refractivity contribution in [1.82, 2.24) is 15.3 Å². The Kier molecular flexibility index (Phi) is 7.11. The van der Waals surface area contributed by atoms with Crippen molar-refractivity contribution in [1.29, 1.82) is 0 Å². The Bertz CT molecular complexity index is 868. The first-order valence-electron chi connectivity index (χ1n) is 9.79. The average molecular weight is 413 g/mol. The van der Waals surface area contributed by atoms with E-state index in [1.807, 2.05) is 32.0 Å². The molecule has 7 nitrogen and oxygen atoms in total. The maximum atomic E-state index is 5.68. The van der Waals surface area contributed by atoms with Crippen LogP contribution in [-0.2, 0) is 4.74 Å². The van der Waals surface area contributed by atoms with Crippen molar-refractivity contribution in [2.45, 2.75) is 46.6 Å². The minimum absolute atomic E-state index is 0.134. The van der Waals surface area contributed by atoms with Crippen molar-refractivity contribution in [2.75, 3.05) is 23.8 Å². The standard InChI is InChI=1S/C21H28N6OS/c1-13-8-14(2)10-17(9-13)25-21(29)27-19(22-12-18-6-5-7-28-18)26-20-23-15(3)11-16(4)24-20/h8-11,18H,5-7,12H2,1-4H3,(H3,22,23,24,25,26,27,29). The van der Waals surface area contributed by atoms with E-state index in [0.29, 0.717) is 23.6 Å². The summed E-state index contributed by atoms with van der Waals surface area (Å²) in [5.74, 6) is 0.975. The maximum absolute atomic E-state index is 5.68. The van der Waals surface area contributed by atoms with Crippen LogP contribution in [0.4, 0.5) is 11.6 Å². The molecule has 1 atom stereocenters. The Morgan fingerprint density at radius 3 is 2.38 bits per heavy atom. The fraction of sp³-hybridized carbons (Fsp3) is 0.429. The van der Waals surface area contributed by atoms with Crippen LogP contribution in [0.25, 0.3) is 0 Å². The van der Waals surface area contributed by atoms with E-state index in [0.717, 1.165) is 36.5 Å². The molecule has 0 amide bonds. The molecule has 1 fully saturated rings. The number of aryl methyl sites for hydroxylation is 4. The minimum Gasteiger partial charge on any atom is -0.376 e. The van der Waals surface area contributed by atoms with Gasteiger partial charge >= 0.3 is 0 Å². The van der Waals surface area contributed by atoms with Gasteiger partial charge in [-0.1, -0.05) is 6.07 Å². The molecule has 2 heterocycles. The van der Waals surface area contributed by atoms with Gasteiger partial charge in [-0.25, -0.2) is 15.0 Å². The highest BCUT2D eigenvalue weighted by Gasteiger charge is 2.16. The monoisotopic (exact) mass is 412 g/mol. The number of thiocarbonyl (C=S) groups is 1. The molecule has 1 aliphatic rings. The Labute approximate surface area is 177 Å². The molecule has 0 spiro atoms. The van der Waals surface area contributed by atoms with Crippen LogP contribution in [0.1, 0.15) is 35.4 Å². The number of hydrogen-bond acceptors (Lipinski definition) is 5. The van der Waals surface area contributed by atoms with E-state index in [2.05, 4.69) is 50.8 Å². The van der Waals surface area contributed by atoms with Crippen LogP contribution < -0.4 is 16.0 Å². The van der Waals surface area contributed by atoms with Crippen molar-refractivity contribution in [3.05, 3.63) is 46.8 Å². The van der Waals surface area contributed by atoms with Gasteiger partial charge in [0.05, 0.1) is 12.6 Å². The van der Waals surface area contributed by atoms with Gasteiger partial charge in [0.2, 0.25) is 11.9 Å². The molecule has 154 valence electrons. The van der Waals surface area contributed by atoms with Gasteiger partial charge in [-0.2, -0.15) is 0 Å². The Morgan fingerprint density at radius 1 is 1.07 bits per heavy atom. The molecule has 0 radical (unpaired) electrons. The van der Waals surface area contributed by atoms with Gasteiger partial charge in [-0.3, -0.25) is 5.32 Å². The number of nitrogens with zero attached hydrogens (tertiary/aromatic N) is 3. The number of nitrogens with one attached hydrogen (secondary N) is 3. The third kappa shape index (κ3) is 6.76. The molecule has 3 N–H and O–H groups in total. The van der Waals surface area contributed by atoms with E-state index in [4.69, 9.17) is 17.0 Å². The molecule has 0 aliphatic carbocycles. The summed E-state index contributed by atoms with van der Waals surface area (Å²) in [4.78, 5) is 13.5. The van der Waals surface area contributed by atoms with Gasteiger partial charge in [0.1, 0.15) is 0 Å². The molecule has 1 aromatic carbocycles. The van der Waals surface area contributed by atoms with Crippen molar-refractivity contribution in [2.24, 2.45) is 4.99 Å². The first kappa shape index (κ1) is 21.1. The summed E-state index contributed by atoms with van der Waals surface area (Å²) in [5.41, 5.74) is 5.04. The minimum atomic E-state index is 0.134. The second-order valence-corrected chi connectivity index (χ2v) is 7.79. The normalized spacial score (nSPS) is 16.6. The second kappa shape index (κ2) is 9.76. The lowest BCUT2D eigenvalue weighted by atomic mass is 10.1. The van der Waals surface area contributed by atoms with E-state index in [9.17, 15) is 0 Å². The van der Waals surface area contributed by atoms with Gasteiger partial charge in [-0.15, -0.1) is 0 Å². The summed E-state index contributed by atoms with van der Waals surface area (Å²) in [6, 6.07) is 8.14. The van der Waals surface area contributed by atoms with E-state index in [1.54, 1.807) is 0 Å². The van der Waals surface area contributed by atoms with Crippen LogP contribution in [0.2, 0.25) is 0 Å². The summed E-state index contributed by atoms with van der Waals surface area (Å²) < 4.78 is 5.68. The van der Waals surface area contributed by atoms with Gasteiger partial charge in [0.25, 0.3) is 0 Å². The highest BCUT2D eigenvalue weighted by atomic mass is 32.1. The first-order valence-corrected chi connectivity index (χ1v) is 10.2. The molecule has 1 aromatic heterocycles. The predicted octanol–water partition coefficient (Wildman–Crippen LogP) is 3.64. The van der Waals surface area contributed by atoms with Crippen molar-refractivity contribution >= 4 is 34.9 Å². The quantitative estimate of drug-likeness (QED) is 0.402. The van der Waals surface area contributed by atoms with Crippen LogP contribution in [-0.4, -0.2) is 40.3 Å². The number of anilines is 2. The van der Waals surface area contributed by atoms with Crippen molar-refractivity contribution < 1.29 is 4.74 Å². The topological polar surface area (TPSA) is 83.5 Å². The summed E-state index contributed by atoms with van der Waals surface area (Å²) >= 11 is 5.50. The molecule has 1 aliphatic heterocycles. The van der Waals surface area contributed by atoms with Crippen LogP contribution in [0.5, 0.6) is 0 Å². The highest BCUT2D eigenvalue weighted by molar-refractivity contribution is 7.80. The lowest BCUT2D eigenvalue weighted by molar-refractivity contribution is 0.118. The zero-order chi connectivity index (χ0) is 20.8. The Hall–Kier alpha value is -2.58. The van der Waals surface area contributed by atoms with E-state index >= 15 is 0 Å². The molecular weight excluding hydrogens is 384 g/mol.